The Kier molecular flexibility index (Phi) is 6.82. The highest BCUT2D eigenvalue weighted by Crippen LogP contribution is 2.20. The van der Waals surface area contributed by atoms with Gasteiger partial charge >= 0.3 is 5.97 Å². The number of carbonyl (C=O) groups excluding carboxylic acids is 1. The summed E-state index contributed by atoms with van der Waals surface area (Å²) in [5.41, 5.74) is 0.169. The molecule has 0 bridgehead atoms. The first kappa shape index (κ1) is 20.0. The maximum absolute atomic E-state index is 14.0. The molecule has 0 aliphatic rings. The standard InChI is InChI=1S/C18H19F2NO4S/c1-2-25-18(22)11-12-21(13-14-5-3-4-6-17(14)20)26(23,24)16-9-7-15(19)8-10-16/h3-10H,2,11-13H2,1H3. The summed E-state index contributed by atoms with van der Waals surface area (Å²) in [6.07, 6.45) is -0.178. The maximum atomic E-state index is 14.0. The average molecular weight is 383 g/mol. The molecule has 0 saturated carbocycles. The van der Waals surface area contributed by atoms with E-state index in [2.05, 4.69) is 0 Å². The Labute approximate surface area is 151 Å². The molecule has 0 unspecified atom stereocenters. The molecule has 5 nitrogen and oxygen atoms in total. The third kappa shape index (κ3) is 5.09. The molecular weight excluding hydrogens is 364 g/mol. The van der Waals surface area contributed by atoms with E-state index in [1.807, 2.05) is 0 Å². The predicted octanol–water partition coefficient (Wildman–Crippen LogP) is 3.11. The van der Waals surface area contributed by atoms with Crippen LogP contribution in [0, 0.1) is 11.6 Å². The zero-order chi connectivity index (χ0) is 19.2. The second kappa shape index (κ2) is 8.86. The van der Waals surface area contributed by atoms with Crippen LogP contribution >= 0.6 is 0 Å². The van der Waals surface area contributed by atoms with Crippen LogP contribution in [0.5, 0.6) is 0 Å². The molecule has 0 aliphatic carbocycles. The zero-order valence-corrected chi connectivity index (χ0v) is 15.0. The number of nitrogens with zero attached hydrogens (tertiary/aromatic N) is 1. The monoisotopic (exact) mass is 383 g/mol. The van der Waals surface area contributed by atoms with Crippen LogP contribution in [-0.4, -0.2) is 31.8 Å². The van der Waals surface area contributed by atoms with Gasteiger partial charge < -0.3 is 4.74 Å². The summed E-state index contributed by atoms with van der Waals surface area (Å²) in [7, 11) is -4.05. The Morgan fingerprint density at radius 1 is 1.08 bits per heavy atom. The average Bonchev–Trinajstić information content (AvgIpc) is 2.60. The van der Waals surface area contributed by atoms with Gasteiger partial charge in [0.15, 0.2) is 0 Å². The van der Waals surface area contributed by atoms with Gasteiger partial charge in [0, 0.05) is 18.7 Å². The predicted molar refractivity (Wildman–Crippen MR) is 91.6 cm³/mol. The fourth-order valence-electron chi connectivity index (χ4n) is 2.31. The maximum Gasteiger partial charge on any atom is 0.307 e. The molecule has 2 aromatic rings. The van der Waals surface area contributed by atoms with Gasteiger partial charge in [0.05, 0.1) is 17.9 Å². The molecule has 8 heteroatoms. The van der Waals surface area contributed by atoms with Crippen LogP contribution in [0.25, 0.3) is 0 Å². The van der Waals surface area contributed by atoms with E-state index in [9.17, 15) is 22.0 Å². The second-order valence-corrected chi connectivity index (χ2v) is 7.38. The molecule has 0 atom stereocenters. The van der Waals surface area contributed by atoms with Crippen LogP contribution in [-0.2, 0) is 26.1 Å². The zero-order valence-electron chi connectivity index (χ0n) is 14.2. The van der Waals surface area contributed by atoms with Crippen molar-refractivity contribution in [3.8, 4) is 0 Å². The van der Waals surface area contributed by atoms with Gasteiger partial charge in [-0.3, -0.25) is 4.79 Å². The molecule has 0 amide bonds. The minimum atomic E-state index is -4.05. The fourth-order valence-corrected chi connectivity index (χ4v) is 3.72. The highest BCUT2D eigenvalue weighted by Gasteiger charge is 2.26. The minimum absolute atomic E-state index is 0.140. The number of ether oxygens (including phenoxy) is 1. The Balaban J connectivity index is 2.30. The van der Waals surface area contributed by atoms with Crippen molar-refractivity contribution in [3.05, 3.63) is 65.7 Å². The molecule has 0 fully saturated rings. The van der Waals surface area contributed by atoms with E-state index in [0.717, 1.165) is 28.6 Å². The van der Waals surface area contributed by atoms with Gasteiger partial charge in [-0.2, -0.15) is 4.31 Å². The smallest absolute Gasteiger partial charge is 0.307 e. The van der Waals surface area contributed by atoms with Gasteiger partial charge in [-0.05, 0) is 37.3 Å². The second-order valence-electron chi connectivity index (χ2n) is 5.44. The lowest BCUT2D eigenvalue weighted by Crippen LogP contribution is -2.33. The van der Waals surface area contributed by atoms with Gasteiger partial charge in [-0.25, -0.2) is 17.2 Å². The van der Waals surface area contributed by atoms with E-state index >= 15 is 0 Å². The third-order valence-electron chi connectivity index (χ3n) is 3.63. The molecule has 0 aromatic heterocycles. The van der Waals surface area contributed by atoms with Gasteiger partial charge in [0.2, 0.25) is 10.0 Å². The van der Waals surface area contributed by atoms with Crippen molar-refractivity contribution in [1.29, 1.82) is 0 Å². The van der Waals surface area contributed by atoms with E-state index in [-0.39, 0.29) is 36.6 Å². The molecule has 0 N–H and O–H groups in total. The Bertz CT molecular complexity index is 854. The molecule has 0 spiro atoms. The number of benzene rings is 2. The molecule has 0 radical (unpaired) electrons. The van der Waals surface area contributed by atoms with Crippen molar-refractivity contribution in [2.24, 2.45) is 0 Å². The summed E-state index contributed by atoms with van der Waals surface area (Å²) in [6, 6.07) is 10.1. The number of rotatable bonds is 8. The van der Waals surface area contributed by atoms with Gasteiger partial charge in [-0.1, -0.05) is 18.2 Å². The molecular formula is C18H19F2NO4S. The van der Waals surface area contributed by atoms with Crippen LogP contribution in [0.4, 0.5) is 8.78 Å². The van der Waals surface area contributed by atoms with Crippen molar-refractivity contribution < 1.29 is 26.7 Å². The Hall–Kier alpha value is -2.32. The van der Waals surface area contributed by atoms with Gasteiger partial charge in [0.1, 0.15) is 11.6 Å². The van der Waals surface area contributed by atoms with Crippen LogP contribution in [0.1, 0.15) is 18.9 Å². The first-order valence-electron chi connectivity index (χ1n) is 7.99. The van der Waals surface area contributed by atoms with Gasteiger partial charge in [0.25, 0.3) is 0 Å². The van der Waals surface area contributed by atoms with Crippen molar-refractivity contribution in [3.63, 3.8) is 0 Å². The first-order chi connectivity index (χ1) is 12.3. The molecule has 2 aromatic carbocycles. The van der Waals surface area contributed by atoms with Crippen molar-refractivity contribution >= 4 is 16.0 Å². The van der Waals surface area contributed by atoms with E-state index in [4.69, 9.17) is 4.74 Å². The lowest BCUT2D eigenvalue weighted by molar-refractivity contribution is -0.143. The number of halogens is 2. The van der Waals surface area contributed by atoms with Crippen LogP contribution in [0.2, 0.25) is 0 Å². The summed E-state index contributed by atoms with van der Waals surface area (Å²) in [6.45, 7) is 1.37. The van der Waals surface area contributed by atoms with Crippen molar-refractivity contribution in [2.75, 3.05) is 13.2 Å². The molecule has 0 saturated heterocycles. The third-order valence-corrected chi connectivity index (χ3v) is 5.49. The summed E-state index contributed by atoms with van der Waals surface area (Å²) in [5.74, 6) is -1.68. The quantitative estimate of drug-likeness (QED) is 0.657. The molecule has 2 rings (SSSR count). The fraction of sp³-hybridized carbons (Fsp3) is 0.278. The molecule has 140 valence electrons. The van der Waals surface area contributed by atoms with Gasteiger partial charge in [-0.15, -0.1) is 0 Å². The number of esters is 1. The van der Waals surface area contributed by atoms with E-state index in [1.54, 1.807) is 13.0 Å². The highest BCUT2D eigenvalue weighted by atomic mass is 32.2. The number of hydrogen-bond acceptors (Lipinski definition) is 4. The SMILES string of the molecule is CCOC(=O)CCN(Cc1ccccc1F)S(=O)(=O)c1ccc(F)cc1. The molecule has 26 heavy (non-hydrogen) atoms. The first-order valence-corrected chi connectivity index (χ1v) is 9.43. The summed E-state index contributed by atoms with van der Waals surface area (Å²) in [4.78, 5) is 11.5. The van der Waals surface area contributed by atoms with E-state index in [1.165, 1.54) is 18.2 Å². The molecule has 0 aliphatic heterocycles. The Morgan fingerprint density at radius 2 is 1.73 bits per heavy atom. The number of carbonyl (C=O) groups is 1. The topological polar surface area (TPSA) is 63.7 Å². The highest BCUT2D eigenvalue weighted by molar-refractivity contribution is 7.89. The van der Waals surface area contributed by atoms with Crippen molar-refractivity contribution in [1.82, 2.24) is 4.31 Å². The van der Waals surface area contributed by atoms with Crippen LogP contribution in [0.3, 0.4) is 0 Å². The minimum Gasteiger partial charge on any atom is -0.466 e. The summed E-state index contributed by atoms with van der Waals surface area (Å²) in [5, 5.41) is 0. The van der Waals surface area contributed by atoms with E-state index in [0.29, 0.717) is 0 Å². The lowest BCUT2D eigenvalue weighted by Gasteiger charge is -2.22. The molecule has 0 heterocycles. The van der Waals surface area contributed by atoms with E-state index < -0.39 is 27.6 Å². The number of sulfonamides is 1. The lowest BCUT2D eigenvalue weighted by atomic mass is 10.2. The summed E-state index contributed by atoms with van der Waals surface area (Å²) < 4.78 is 58.6. The summed E-state index contributed by atoms with van der Waals surface area (Å²) >= 11 is 0. The Morgan fingerprint density at radius 3 is 2.35 bits per heavy atom. The van der Waals surface area contributed by atoms with Crippen LogP contribution in [0.15, 0.2) is 53.4 Å². The van der Waals surface area contributed by atoms with Crippen LogP contribution < -0.4 is 0 Å². The van der Waals surface area contributed by atoms with Crippen molar-refractivity contribution in [2.45, 2.75) is 24.8 Å². The number of hydrogen-bond donors (Lipinski definition) is 0. The normalized spacial score (nSPS) is 11.5. The largest absolute Gasteiger partial charge is 0.466 e.